The number of rotatable bonds is 2. The first-order valence-corrected chi connectivity index (χ1v) is 5.26. The van der Waals surface area contributed by atoms with Gasteiger partial charge in [0, 0.05) is 12.2 Å². The maximum Gasteiger partial charge on any atom is 0.143 e. The maximum absolute atomic E-state index is 5.95. The van der Waals surface area contributed by atoms with Crippen LogP contribution in [0.15, 0.2) is 16.7 Å². The van der Waals surface area contributed by atoms with Crippen molar-refractivity contribution in [2.75, 3.05) is 0 Å². The van der Waals surface area contributed by atoms with E-state index in [0.717, 1.165) is 10.0 Å². The van der Waals surface area contributed by atoms with E-state index in [4.69, 9.17) is 17.3 Å². The third-order valence-electron chi connectivity index (χ3n) is 1.92. The molecule has 0 aliphatic rings. The lowest BCUT2D eigenvalue weighted by atomic mass is 9.99. The van der Waals surface area contributed by atoms with Gasteiger partial charge in [-0.25, -0.2) is 4.98 Å². The summed E-state index contributed by atoms with van der Waals surface area (Å²) < 4.78 is 0.794. The van der Waals surface area contributed by atoms with Crippen LogP contribution in [0.5, 0.6) is 0 Å². The lowest BCUT2D eigenvalue weighted by molar-refractivity contribution is 0.513. The highest BCUT2D eigenvalue weighted by Crippen LogP contribution is 2.25. The first-order chi connectivity index (χ1) is 6.02. The van der Waals surface area contributed by atoms with Crippen LogP contribution < -0.4 is 5.73 Å². The standard InChI is InChI=1S/C9H12BrClN2/c1-5(2)8(12)6-3-7(10)9(11)13-4-6/h3-5,8H,12H2,1-2H3/t8-/m0/s1. The van der Waals surface area contributed by atoms with E-state index in [-0.39, 0.29) is 6.04 Å². The Balaban J connectivity index is 2.97. The van der Waals surface area contributed by atoms with Crippen molar-refractivity contribution < 1.29 is 0 Å². The fourth-order valence-corrected chi connectivity index (χ4v) is 1.47. The van der Waals surface area contributed by atoms with Crippen LogP contribution in [0.3, 0.4) is 0 Å². The minimum atomic E-state index is 0.0149. The van der Waals surface area contributed by atoms with Crippen molar-refractivity contribution in [3.05, 3.63) is 27.5 Å². The van der Waals surface area contributed by atoms with Gasteiger partial charge in [-0.05, 0) is 33.5 Å². The molecule has 13 heavy (non-hydrogen) atoms. The average Bonchev–Trinajstić information content (AvgIpc) is 2.08. The molecule has 0 aliphatic carbocycles. The molecular weight excluding hydrogens is 251 g/mol. The summed E-state index contributed by atoms with van der Waals surface area (Å²) in [6.45, 7) is 4.15. The second-order valence-corrected chi connectivity index (χ2v) is 4.52. The Bertz CT molecular complexity index is 302. The van der Waals surface area contributed by atoms with Gasteiger partial charge in [0.2, 0.25) is 0 Å². The van der Waals surface area contributed by atoms with Crippen LogP contribution in [0.2, 0.25) is 5.15 Å². The number of nitrogens with two attached hydrogens (primary N) is 1. The van der Waals surface area contributed by atoms with Gasteiger partial charge in [-0.3, -0.25) is 0 Å². The number of nitrogens with zero attached hydrogens (tertiary/aromatic N) is 1. The zero-order valence-corrected chi connectivity index (χ0v) is 9.93. The van der Waals surface area contributed by atoms with Crippen LogP contribution in [0, 0.1) is 5.92 Å². The van der Waals surface area contributed by atoms with Crippen molar-refractivity contribution in [1.29, 1.82) is 0 Å². The summed E-state index contributed by atoms with van der Waals surface area (Å²) in [5.74, 6) is 0.398. The first kappa shape index (κ1) is 11.0. The summed E-state index contributed by atoms with van der Waals surface area (Å²) in [6.07, 6.45) is 1.72. The van der Waals surface area contributed by atoms with Crippen LogP contribution in [-0.4, -0.2) is 4.98 Å². The van der Waals surface area contributed by atoms with E-state index in [2.05, 4.69) is 34.8 Å². The van der Waals surface area contributed by atoms with E-state index < -0.39 is 0 Å². The Morgan fingerprint density at radius 1 is 1.54 bits per heavy atom. The fourth-order valence-electron chi connectivity index (χ4n) is 1.00. The van der Waals surface area contributed by atoms with Gasteiger partial charge < -0.3 is 5.73 Å². The molecule has 4 heteroatoms. The van der Waals surface area contributed by atoms with Gasteiger partial charge in [-0.2, -0.15) is 0 Å². The van der Waals surface area contributed by atoms with Crippen molar-refractivity contribution in [3.63, 3.8) is 0 Å². The number of aromatic nitrogens is 1. The molecule has 1 aromatic rings. The summed E-state index contributed by atoms with van der Waals surface area (Å²) in [7, 11) is 0. The van der Waals surface area contributed by atoms with Crippen molar-refractivity contribution in [2.24, 2.45) is 11.7 Å². The molecule has 0 amide bonds. The van der Waals surface area contributed by atoms with Crippen LogP contribution in [-0.2, 0) is 0 Å². The summed E-state index contributed by atoms with van der Waals surface area (Å²) in [4.78, 5) is 4.02. The molecule has 0 aliphatic heterocycles. The quantitative estimate of drug-likeness (QED) is 0.833. The molecule has 0 saturated carbocycles. The molecule has 0 fully saturated rings. The van der Waals surface area contributed by atoms with E-state index >= 15 is 0 Å². The lowest BCUT2D eigenvalue weighted by Gasteiger charge is -2.15. The molecule has 1 aromatic heterocycles. The molecule has 0 radical (unpaired) electrons. The number of hydrogen-bond acceptors (Lipinski definition) is 2. The molecular formula is C9H12BrClN2. The molecule has 1 atom stereocenters. The highest BCUT2D eigenvalue weighted by molar-refractivity contribution is 9.10. The molecule has 72 valence electrons. The number of halogens is 2. The van der Waals surface area contributed by atoms with Gasteiger partial charge in [0.1, 0.15) is 5.15 Å². The van der Waals surface area contributed by atoms with E-state index in [1.165, 1.54) is 0 Å². The Morgan fingerprint density at radius 3 is 2.62 bits per heavy atom. The van der Waals surface area contributed by atoms with Crippen LogP contribution in [0.4, 0.5) is 0 Å². The third kappa shape index (κ3) is 2.66. The predicted octanol–water partition coefficient (Wildman–Crippen LogP) is 3.15. The first-order valence-electron chi connectivity index (χ1n) is 4.09. The van der Waals surface area contributed by atoms with Gasteiger partial charge in [0.15, 0.2) is 0 Å². The zero-order valence-electron chi connectivity index (χ0n) is 7.59. The average molecular weight is 264 g/mol. The van der Waals surface area contributed by atoms with Gasteiger partial charge >= 0.3 is 0 Å². The highest BCUT2D eigenvalue weighted by atomic mass is 79.9. The number of pyridine rings is 1. The SMILES string of the molecule is CC(C)[C@H](N)c1cnc(Cl)c(Br)c1. The number of hydrogen-bond donors (Lipinski definition) is 1. The Hall–Kier alpha value is -0.120. The Kier molecular flexibility index (Phi) is 3.71. The van der Waals surface area contributed by atoms with Crippen LogP contribution in [0.1, 0.15) is 25.5 Å². The van der Waals surface area contributed by atoms with Crippen molar-refractivity contribution in [3.8, 4) is 0 Å². The largest absolute Gasteiger partial charge is 0.324 e. The van der Waals surface area contributed by atoms with Gasteiger partial charge in [-0.1, -0.05) is 25.4 Å². The predicted molar refractivity (Wildman–Crippen MR) is 58.7 cm³/mol. The van der Waals surface area contributed by atoms with E-state index in [0.29, 0.717) is 11.1 Å². The molecule has 1 heterocycles. The summed E-state index contributed by atoms with van der Waals surface area (Å²) >= 11 is 9.08. The second-order valence-electron chi connectivity index (χ2n) is 3.31. The topological polar surface area (TPSA) is 38.9 Å². The smallest absolute Gasteiger partial charge is 0.143 e. The summed E-state index contributed by atoms with van der Waals surface area (Å²) in [6, 6.07) is 1.93. The van der Waals surface area contributed by atoms with Gasteiger partial charge in [0.05, 0.1) is 4.47 Å². The zero-order chi connectivity index (χ0) is 10.0. The van der Waals surface area contributed by atoms with Gasteiger partial charge in [-0.15, -0.1) is 0 Å². The van der Waals surface area contributed by atoms with Crippen LogP contribution >= 0.6 is 27.5 Å². The van der Waals surface area contributed by atoms with Crippen molar-refractivity contribution in [2.45, 2.75) is 19.9 Å². The van der Waals surface area contributed by atoms with E-state index in [1.54, 1.807) is 6.20 Å². The normalized spacial score (nSPS) is 13.4. The molecule has 0 saturated heterocycles. The van der Waals surface area contributed by atoms with E-state index in [9.17, 15) is 0 Å². The van der Waals surface area contributed by atoms with E-state index in [1.807, 2.05) is 6.07 Å². The van der Waals surface area contributed by atoms with Crippen LogP contribution in [0.25, 0.3) is 0 Å². The molecule has 1 rings (SSSR count). The molecule has 0 unspecified atom stereocenters. The maximum atomic E-state index is 5.95. The molecule has 2 nitrogen and oxygen atoms in total. The minimum Gasteiger partial charge on any atom is -0.324 e. The minimum absolute atomic E-state index is 0.0149. The summed E-state index contributed by atoms with van der Waals surface area (Å²) in [5.41, 5.74) is 6.96. The summed E-state index contributed by atoms with van der Waals surface area (Å²) in [5, 5.41) is 0.472. The molecule has 0 spiro atoms. The highest BCUT2D eigenvalue weighted by Gasteiger charge is 2.11. The molecule has 0 aromatic carbocycles. The second kappa shape index (κ2) is 4.40. The Morgan fingerprint density at radius 2 is 2.15 bits per heavy atom. The van der Waals surface area contributed by atoms with Gasteiger partial charge in [0.25, 0.3) is 0 Å². The third-order valence-corrected chi connectivity index (χ3v) is 3.05. The molecule has 2 N–H and O–H groups in total. The lowest BCUT2D eigenvalue weighted by Crippen LogP contribution is -2.16. The fraction of sp³-hybridized carbons (Fsp3) is 0.444. The Labute approximate surface area is 91.6 Å². The monoisotopic (exact) mass is 262 g/mol. The van der Waals surface area contributed by atoms with Crippen molar-refractivity contribution in [1.82, 2.24) is 4.98 Å². The molecule has 0 bridgehead atoms. The van der Waals surface area contributed by atoms with Crippen molar-refractivity contribution >= 4 is 27.5 Å².